The first-order valence-electron chi connectivity index (χ1n) is 14.5. The second-order valence-electron chi connectivity index (χ2n) is 11.4. The Morgan fingerprint density at radius 2 is 1.93 bits per heavy atom. The number of halogens is 1. The number of aromatic nitrogens is 6. The minimum absolute atomic E-state index is 0.0116. The van der Waals surface area contributed by atoms with Crippen molar-refractivity contribution in [2.24, 2.45) is 11.8 Å². The smallest absolute Gasteiger partial charge is 0.384 e. The van der Waals surface area contributed by atoms with Crippen LogP contribution in [0, 0.1) is 11.8 Å². The van der Waals surface area contributed by atoms with Crippen LogP contribution in [0.3, 0.4) is 0 Å². The van der Waals surface area contributed by atoms with E-state index in [4.69, 9.17) is 31.0 Å². The summed E-state index contributed by atoms with van der Waals surface area (Å²) in [4.78, 5) is 26.8. The number of hydrogen-bond acceptors (Lipinski definition) is 6. The highest BCUT2D eigenvalue weighted by Gasteiger charge is 2.45. The molecule has 1 aromatic carbocycles. The highest BCUT2D eigenvalue weighted by atomic mass is 35.5. The number of nitrogens with one attached hydrogen (secondary N) is 1. The molecule has 9 heteroatoms. The molecule has 2 saturated carbocycles. The molecule has 3 heterocycles. The molecule has 0 radical (unpaired) electrons. The van der Waals surface area contributed by atoms with E-state index in [1.54, 1.807) is 6.08 Å². The number of imidazole rings is 1. The lowest BCUT2D eigenvalue weighted by molar-refractivity contribution is 0.242. The van der Waals surface area contributed by atoms with E-state index in [0.717, 1.165) is 48.6 Å². The largest absolute Gasteiger partial charge is 0.434 e. The van der Waals surface area contributed by atoms with Crippen LogP contribution in [0.15, 0.2) is 69.4 Å². The first-order valence-corrected chi connectivity index (χ1v) is 14.9. The monoisotopic (exact) mass is 570 g/mol. The Kier molecular flexibility index (Phi) is 7.51. The molecule has 0 atom stereocenters. The third kappa shape index (κ3) is 5.10. The van der Waals surface area contributed by atoms with Crippen LogP contribution >= 0.6 is 11.6 Å². The Bertz CT molecular complexity index is 1680. The predicted molar refractivity (Wildman–Crippen MR) is 161 cm³/mol. The quantitative estimate of drug-likeness (QED) is 0.225. The van der Waals surface area contributed by atoms with Gasteiger partial charge in [-0.25, -0.2) is 24.8 Å². The van der Waals surface area contributed by atoms with Gasteiger partial charge in [0, 0.05) is 17.2 Å². The van der Waals surface area contributed by atoms with Gasteiger partial charge < -0.3 is 8.98 Å². The molecule has 0 spiro atoms. The van der Waals surface area contributed by atoms with Crippen LogP contribution in [-0.2, 0) is 12.0 Å². The van der Waals surface area contributed by atoms with E-state index >= 15 is 0 Å². The summed E-state index contributed by atoms with van der Waals surface area (Å²) in [5.41, 5.74) is 3.81. The summed E-state index contributed by atoms with van der Waals surface area (Å²) < 4.78 is 7.64. The zero-order chi connectivity index (χ0) is 28.6. The van der Waals surface area contributed by atoms with Crippen molar-refractivity contribution >= 4 is 28.3 Å². The summed E-state index contributed by atoms with van der Waals surface area (Å²) >= 11 is 6.49. The summed E-state index contributed by atoms with van der Waals surface area (Å²) in [6, 6.07) is 10.7. The number of fused-ring (bicyclic) bond motifs is 1. The third-order valence-electron chi connectivity index (χ3n) is 8.83. The van der Waals surface area contributed by atoms with Gasteiger partial charge in [-0.1, -0.05) is 86.8 Å². The molecule has 6 rings (SSSR count). The summed E-state index contributed by atoms with van der Waals surface area (Å²) in [5.74, 6) is 1.83. The van der Waals surface area contributed by atoms with E-state index < -0.39 is 5.76 Å². The lowest BCUT2D eigenvalue weighted by atomic mass is 9.63. The second kappa shape index (κ2) is 11.2. The van der Waals surface area contributed by atoms with Gasteiger partial charge in [-0.15, -0.1) is 5.10 Å². The fourth-order valence-electron chi connectivity index (χ4n) is 6.36. The number of rotatable bonds is 8. The van der Waals surface area contributed by atoms with Crippen molar-refractivity contribution in [2.75, 3.05) is 0 Å². The van der Waals surface area contributed by atoms with Crippen LogP contribution in [0.1, 0.15) is 75.9 Å². The van der Waals surface area contributed by atoms with Crippen molar-refractivity contribution in [2.45, 2.75) is 70.8 Å². The number of aromatic amines is 1. The van der Waals surface area contributed by atoms with Crippen LogP contribution in [0.5, 0.6) is 0 Å². The van der Waals surface area contributed by atoms with Crippen molar-refractivity contribution in [3.05, 3.63) is 87.8 Å². The first-order chi connectivity index (χ1) is 19.9. The van der Waals surface area contributed by atoms with Gasteiger partial charge in [0.15, 0.2) is 5.65 Å². The topological polar surface area (TPSA) is 102 Å². The maximum atomic E-state index is 11.8. The van der Waals surface area contributed by atoms with Crippen LogP contribution in [0.2, 0.25) is 0 Å². The van der Waals surface area contributed by atoms with Crippen molar-refractivity contribution in [1.82, 2.24) is 29.7 Å². The molecule has 2 aliphatic carbocycles. The van der Waals surface area contributed by atoms with E-state index in [9.17, 15) is 4.79 Å². The summed E-state index contributed by atoms with van der Waals surface area (Å²) in [6.07, 6.45) is 13.4. The van der Waals surface area contributed by atoms with Crippen LogP contribution in [0.4, 0.5) is 0 Å². The molecule has 41 heavy (non-hydrogen) atoms. The Labute approximate surface area is 244 Å². The maximum absolute atomic E-state index is 11.8. The zero-order valence-electron chi connectivity index (χ0n) is 23.6. The Morgan fingerprint density at radius 3 is 2.54 bits per heavy atom. The van der Waals surface area contributed by atoms with E-state index in [0.29, 0.717) is 22.3 Å². The molecule has 0 aliphatic heterocycles. The van der Waals surface area contributed by atoms with E-state index in [1.165, 1.54) is 31.2 Å². The van der Waals surface area contributed by atoms with Gasteiger partial charge in [-0.3, -0.25) is 0 Å². The van der Waals surface area contributed by atoms with E-state index in [-0.39, 0.29) is 17.1 Å². The minimum atomic E-state index is -0.670. The lowest BCUT2D eigenvalue weighted by Crippen LogP contribution is -2.39. The van der Waals surface area contributed by atoms with Crippen molar-refractivity contribution in [3.8, 4) is 11.7 Å². The zero-order valence-corrected chi connectivity index (χ0v) is 24.3. The van der Waals surface area contributed by atoms with E-state index in [2.05, 4.69) is 58.6 Å². The highest BCUT2D eigenvalue weighted by Crippen LogP contribution is 2.50. The van der Waals surface area contributed by atoms with Gasteiger partial charge >= 0.3 is 5.76 Å². The van der Waals surface area contributed by atoms with Crippen LogP contribution < -0.4 is 5.76 Å². The van der Waals surface area contributed by atoms with Gasteiger partial charge in [0.25, 0.3) is 5.89 Å². The first kappa shape index (κ1) is 27.4. The molecule has 4 aromatic rings. The molecule has 0 amide bonds. The minimum Gasteiger partial charge on any atom is -0.384 e. The van der Waals surface area contributed by atoms with Gasteiger partial charge in [0.1, 0.15) is 17.0 Å². The Morgan fingerprint density at radius 1 is 1.17 bits per heavy atom. The van der Waals surface area contributed by atoms with Crippen molar-refractivity contribution in [3.63, 3.8) is 0 Å². The summed E-state index contributed by atoms with van der Waals surface area (Å²) in [5, 5.41) is 6.88. The van der Waals surface area contributed by atoms with Crippen LogP contribution in [0.25, 0.3) is 28.5 Å². The standard InChI is InChI=1S/C32H35ClN6O2/c1-4-22(18-24(33)5-2)25-26-27(35-28(34-25)29-37-38-31(40)41-29)36-30(39(26)19-21-14-12-20(3)13-15-21)32(16-9-17-32)23-10-7-6-8-11-23/h4-8,10-11,18,20-21H,1,9,12-17,19H2,2-3H3,(H,38,40)/b22-18+,24-5+. The lowest BCUT2D eigenvalue weighted by Gasteiger charge is -2.42. The van der Waals surface area contributed by atoms with Crippen molar-refractivity contribution < 1.29 is 4.42 Å². The number of allylic oxidation sites excluding steroid dienone is 5. The normalized spacial score (nSPS) is 21.1. The SMILES string of the molecule is C=C/C(=C\C(Cl)=C/C)c1nc(-c2n[nH]c(=O)o2)nc2nc(C3(c4ccccc4)CCC3)n(CC3CCC(C)CC3)c12. The Balaban J connectivity index is 1.64. The average Bonchev–Trinajstić information content (AvgIpc) is 3.56. The molecule has 8 nitrogen and oxygen atoms in total. The van der Waals surface area contributed by atoms with Gasteiger partial charge in [0.2, 0.25) is 5.82 Å². The maximum Gasteiger partial charge on any atom is 0.434 e. The molecule has 2 fully saturated rings. The second-order valence-corrected chi connectivity index (χ2v) is 11.9. The highest BCUT2D eigenvalue weighted by molar-refractivity contribution is 6.31. The molecule has 2 aliphatic rings. The number of hydrogen-bond donors (Lipinski definition) is 1. The molecule has 0 unspecified atom stereocenters. The van der Waals surface area contributed by atoms with Gasteiger partial charge in [-0.2, -0.15) is 0 Å². The third-order valence-corrected chi connectivity index (χ3v) is 9.16. The summed E-state index contributed by atoms with van der Waals surface area (Å²) in [6.45, 7) is 9.15. The number of nitrogens with zero attached hydrogens (tertiary/aromatic N) is 5. The Hall–Kier alpha value is -3.78. The van der Waals surface area contributed by atoms with Gasteiger partial charge in [0.05, 0.1) is 5.41 Å². The predicted octanol–water partition coefficient (Wildman–Crippen LogP) is 7.18. The molecule has 0 bridgehead atoms. The molecule has 0 saturated heterocycles. The molecular weight excluding hydrogens is 536 g/mol. The molecular formula is C32H35ClN6O2. The van der Waals surface area contributed by atoms with Gasteiger partial charge in [-0.05, 0) is 56.1 Å². The van der Waals surface area contributed by atoms with Crippen LogP contribution in [-0.4, -0.2) is 29.7 Å². The van der Waals surface area contributed by atoms with Crippen molar-refractivity contribution in [1.29, 1.82) is 0 Å². The molecule has 212 valence electrons. The number of H-pyrrole nitrogens is 1. The fourth-order valence-corrected chi connectivity index (χ4v) is 6.47. The van der Waals surface area contributed by atoms with E-state index in [1.807, 2.05) is 19.1 Å². The molecule has 3 aromatic heterocycles. The summed E-state index contributed by atoms with van der Waals surface area (Å²) in [7, 11) is 0. The number of benzene rings is 1. The molecule has 1 N–H and O–H groups in total. The fraction of sp³-hybridized carbons (Fsp3) is 0.406. The average molecular weight is 571 g/mol.